The van der Waals surface area contributed by atoms with Crippen molar-refractivity contribution in [1.82, 2.24) is 15.1 Å². The third-order valence-electron chi connectivity index (χ3n) is 4.43. The molecule has 5 nitrogen and oxygen atoms in total. The average Bonchev–Trinajstić information content (AvgIpc) is 2.81. The molecule has 6 heteroatoms. The van der Waals surface area contributed by atoms with Gasteiger partial charge in [0.1, 0.15) is 11.6 Å². The van der Waals surface area contributed by atoms with E-state index in [1.54, 1.807) is 26.0 Å². The molecule has 0 unspecified atom stereocenters. The highest BCUT2D eigenvalue weighted by molar-refractivity contribution is 5.74. The first-order chi connectivity index (χ1) is 19.1. The molecule has 1 heterocycles. The van der Waals surface area contributed by atoms with Gasteiger partial charge in [-0.05, 0) is 74.1 Å². The minimum atomic E-state index is -3.15. The lowest BCUT2D eigenvalue weighted by molar-refractivity contribution is 0.127. The zero-order chi connectivity index (χ0) is 31.9. The predicted molar refractivity (Wildman–Crippen MR) is 121 cm³/mol. The van der Waals surface area contributed by atoms with Gasteiger partial charge in [-0.25, -0.2) is 9.18 Å². The predicted octanol–water partition coefficient (Wildman–Crippen LogP) is 4.67. The maximum Gasteiger partial charge on any atom is 0.318 e. The molecule has 1 saturated heterocycles. The molecule has 0 atom stereocenters. The number of hydrogen-bond donors (Lipinski definition) is 1. The van der Waals surface area contributed by atoms with Crippen LogP contribution in [0.4, 0.5) is 9.18 Å². The molecule has 168 valence electrons. The average molecular weight is 439 g/mol. The SMILES string of the molecule is [2H]C([2H])(Oc1ccc(CNC(=O)N(C2CC([2H])([2H])N(C([2H])([2H])[2H])C([2H])([2H])C2)C([2H])([2H])c2ccc(F)cc2)cc1)C(C)C. The van der Waals surface area contributed by atoms with Gasteiger partial charge in [-0.15, -0.1) is 0 Å². The van der Waals surface area contributed by atoms with E-state index in [0.717, 1.165) is 24.3 Å². The van der Waals surface area contributed by atoms with Crippen LogP contribution >= 0.6 is 0 Å². The van der Waals surface area contributed by atoms with Crippen LogP contribution in [0.5, 0.6) is 5.75 Å². The van der Waals surface area contributed by atoms with E-state index in [1.165, 1.54) is 12.1 Å². The monoisotopic (exact) mass is 438 g/mol. The number of benzene rings is 2. The van der Waals surface area contributed by atoms with Crippen LogP contribution in [-0.2, 0) is 13.0 Å². The first-order valence-corrected chi connectivity index (χ1v) is 9.99. The Hall–Kier alpha value is -2.60. The van der Waals surface area contributed by atoms with E-state index in [9.17, 15) is 9.18 Å². The van der Waals surface area contributed by atoms with Crippen molar-refractivity contribution >= 4 is 6.03 Å². The summed E-state index contributed by atoms with van der Waals surface area (Å²) >= 11 is 0. The van der Waals surface area contributed by atoms with Crippen LogP contribution in [0, 0.1) is 11.7 Å². The second-order valence-corrected chi connectivity index (χ2v) is 7.38. The molecule has 0 saturated carbocycles. The molecule has 0 bridgehead atoms. The highest BCUT2D eigenvalue weighted by atomic mass is 19.1. The summed E-state index contributed by atoms with van der Waals surface area (Å²) in [6.07, 6.45) is -1.44. The second-order valence-electron chi connectivity index (χ2n) is 7.38. The molecular formula is C25H34FN3O2. The van der Waals surface area contributed by atoms with Crippen molar-refractivity contribution in [1.29, 1.82) is 0 Å². The van der Waals surface area contributed by atoms with Crippen LogP contribution in [0.3, 0.4) is 0 Å². The van der Waals surface area contributed by atoms with Crippen LogP contribution in [0.25, 0.3) is 0 Å². The van der Waals surface area contributed by atoms with Gasteiger partial charge in [0, 0.05) is 28.7 Å². The third kappa shape index (κ3) is 7.24. The molecule has 0 spiro atoms. The summed E-state index contributed by atoms with van der Waals surface area (Å²) in [6, 6.07) is 7.89. The number of piperidine rings is 1. The molecule has 31 heavy (non-hydrogen) atoms. The minimum absolute atomic E-state index is 0.123. The molecule has 0 aromatic heterocycles. The number of urea groups is 1. The summed E-state index contributed by atoms with van der Waals surface area (Å²) in [5.41, 5.74) is 0.380. The molecule has 1 N–H and O–H groups in total. The molecule has 2 aromatic rings. The molecule has 1 fully saturated rings. The zero-order valence-corrected chi connectivity index (χ0v) is 17.5. The molecule has 3 rings (SSSR count). The lowest BCUT2D eigenvalue weighted by Crippen LogP contribution is -2.49. The summed E-state index contributed by atoms with van der Waals surface area (Å²) in [5, 5.41) is 2.55. The maximum absolute atomic E-state index is 13.6. The summed E-state index contributed by atoms with van der Waals surface area (Å²) in [4.78, 5) is 14.4. The fourth-order valence-electron chi connectivity index (χ4n) is 2.80. The van der Waals surface area contributed by atoms with E-state index < -0.39 is 69.7 Å². The smallest absolute Gasteiger partial charge is 0.318 e. The van der Waals surface area contributed by atoms with Crippen LogP contribution in [0.15, 0.2) is 48.5 Å². The number of carbonyl (C=O) groups excluding carboxylic acids is 1. The number of amides is 2. The highest BCUT2D eigenvalue weighted by Gasteiger charge is 2.27. The van der Waals surface area contributed by atoms with E-state index in [-0.39, 0.29) is 22.8 Å². The topological polar surface area (TPSA) is 44.8 Å². The Morgan fingerprint density at radius 1 is 1.23 bits per heavy atom. The van der Waals surface area contributed by atoms with Crippen LogP contribution < -0.4 is 10.1 Å². The molecule has 2 aromatic carbocycles. The Morgan fingerprint density at radius 2 is 1.87 bits per heavy atom. The van der Waals surface area contributed by atoms with Crippen LogP contribution in [0.2, 0.25) is 0 Å². The number of rotatable bonds is 8. The van der Waals surface area contributed by atoms with Gasteiger partial charge in [-0.1, -0.05) is 38.1 Å². The molecular weight excluding hydrogens is 393 g/mol. The van der Waals surface area contributed by atoms with Gasteiger partial charge in [-0.3, -0.25) is 0 Å². The second kappa shape index (κ2) is 11.1. The number of halogens is 1. The summed E-state index contributed by atoms with van der Waals surface area (Å²) in [6.45, 7) is -10.1. The zero-order valence-electron chi connectivity index (χ0n) is 28.5. The van der Waals surface area contributed by atoms with Crippen molar-refractivity contribution in [2.75, 3.05) is 26.5 Å². The van der Waals surface area contributed by atoms with Crippen molar-refractivity contribution in [3.8, 4) is 5.75 Å². The van der Waals surface area contributed by atoms with Gasteiger partial charge in [0.2, 0.25) is 0 Å². The van der Waals surface area contributed by atoms with Crippen molar-refractivity contribution in [2.24, 2.45) is 5.92 Å². The van der Waals surface area contributed by atoms with Gasteiger partial charge < -0.3 is 19.9 Å². The van der Waals surface area contributed by atoms with Crippen molar-refractivity contribution in [2.45, 2.75) is 45.8 Å². The van der Waals surface area contributed by atoms with Gasteiger partial charge in [0.25, 0.3) is 0 Å². The Balaban J connectivity index is 1.91. The largest absolute Gasteiger partial charge is 0.493 e. The van der Waals surface area contributed by atoms with Crippen LogP contribution in [-0.4, -0.2) is 48.4 Å². The number of ether oxygens (including phenoxy) is 1. The standard InChI is InChI=1S/C25H34FN3O2/c1-19(2)18-31-24-10-6-20(7-11-24)16-27-25(30)29(23-12-14-28(3)15-13-23)17-21-4-8-22(26)9-5-21/h4-11,19,23H,12-18H2,1-3H3,(H,27,30)/i3D3,14D2,15D2,17D2,18D2. The molecule has 1 aliphatic rings. The Morgan fingerprint density at radius 3 is 2.48 bits per heavy atom. The van der Waals surface area contributed by atoms with Crippen molar-refractivity contribution < 1.29 is 29.0 Å². The lowest BCUT2D eigenvalue weighted by Gasteiger charge is -2.37. The lowest BCUT2D eigenvalue weighted by atomic mass is 10.0. The molecule has 2 amide bonds. The number of nitrogens with one attached hydrogen (secondary N) is 1. The van der Waals surface area contributed by atoms with Crippen LogP contribution in [0.1, 0.15) is 52.9 Å². The summed E-state index contributed by atoms with van der Waals surface area (Å²) in [5.74, 6) is -0.816. The minimum Gasteiger partial charge on any atom is -0.493 e. The summed E-state index contributed by atoms with van der Waals surface area (Å²) < 4.78 is 109. The first kappa shape index (κ1) is 12.4. The quantitative estimate of drug-likeness (QED) is 0.652. The fraction of sp³-hybridized carbons (Fsp3) is 0.480. The number of carbonyl (C=O) groups is 1. The molecule has 1 aliphatic heterocycles. The third-order valence-corrected chi connectivity index (χ3v) is 4.43. The maximum atomic E-state index is 13.6. The van der Waals surface area contributed by atoms with Crippen molar-refractivity contribution in [3.05, 3.63) is 65.5 Å². The van der Waals surface area contributed by atoms with Gasteiger partial charge >= 0.3 is 6.03 Å². The number of likely N-dealkylation sites (tertiary alicyclic amines) is 1. The van der Waals surface area contributed by atoms with Gasteiger partial charge in [-0.2, -0.15) is 0 Å². The Labute approximate surface area is 200 Å². The van der Waals surface area contributed by atoms with Crippen molar-refractivity contribution in [3.63, 3.8) is 0 Å². The highest BCUT2D eigenvalue weighted by Crippen LogP contribution is 2.19. The van der Waals surface area contributed by atoms with Gasteiger partial charge in [0.05, 0.1) is 12.0 Å². The van der Waals surface area contributed by atoms with E-state index >= 15 is 0 Å². The van der Waals surface area contributed by atoms with E-state index in [0.29, 0.717) is 10.5 Å². The fourth-order valence-corrected chi connectivity index (χ4v) is 2.80. The Bertz CT molecular complexity index is 1220. The van der Waals surface area contributed by atoms with E-state index in [2.05, 4.69) is 5.32 Å². The molecule has 0 aliphatic carbocycles. The van der Waals surface area contributed by atoms with Gasteiger partial charge in [0.15, 0.2) is 0 Å². The first-order valence-electron chi connectivity index (χ1n) is 15.5. The number of nitrogens with zero attached hydrogens (tertiary/aromatic N) is 2. The normalized spacial score (nSPS) is 25.0. The molecule has 0 radical (unpaired) electrons. The van der Waals surface area contributed by atoms with E-state index in [4.69, 9.17) is 19.8 Å². The number of hydrogen-bond acceptors (Lipinski definition) is 3. The van der Waals surface area contributed by atoms with E-state index in [1.807, 2.05) is 0 Å². The Kier molecular flexibility index (Phi) is 4.47. The summed E-state index contributed by atoms with van der Waals surface area (Å²) in [7, 11) is 0.